The van der Waals surface area contributed by atoms with E-state index in [0.717, 1.165) is 0 Å². The van der Waals surface area contributed by atoms with E-state index in [1.165, 1.54) is 7.11 Å². The number of fused-ring (bicyclic) bond motifs is 3. The van der Waals surface area contributed by atoms with E-state index in [1.54, 1.807) is 52.0 Å². The molecule has 27 heavy (non-hydrogen) atoms. The highest BCUT2D eigenvalue weighted by Gasteiger charge is 2.62. The summed E-state index contributed by atoms with van der Waals surface area (Å²) in [5.41, 5.74) is 0. The molecule has 8 heteroatoms. The first-order chi connectivity index (χ1) is 12.7. The Labute approximate surface area is 157 Å². The van der Waals surface area contributed by atoms with Gasteiger partial charge in [-0.15, -0.1) is 0 Å². The SMILES string of the molecule is COc1ccccc1OC(=O)[C@@H]1O[C@@H]2OC(C)(C)O[C@@H]2[C@H]2OC(C)(C)O[C@@H]21. The first-order valence-corrected chi connectivity index (χ1v) is 8.90. The van der Waals surface area contributed by atoms with Gasteiger partial charge in [-0.2, -0.15) is 0 Å². The van der Waals surface area contributed by atoms with Gasteiger partial charge in [-0.3, -0.25) is 0 Å². The third-order valence-electron chi connectivity index (χ3n) is 4.67. The molecule has 4 rings (SSSR count). The van der Waals surface area contributed by atoms with Crippen molar-refractivity contribution in [2.24, 2.45) is 0 Å². The molecule has 5 atom stereocenters. The van der Waals surface area contributed by atoms with Crippen LogP contribution in [0, 0.1) is 0 Å². The van der Waals surface area contributed by atoms with Crippen molar-refractivity contribution in [3.05, 3.63) is 24.3 Å². The minimum Gasteiger partial charge on any atom is -0.493 e. The molecular weight excluding hydrogens is 356 g/mol. The predicted molar refractivity (Wildman–Crippen MR) is 91.2 cm³/mol. The third-order valence-corrected chi connectivity index (χ3v) is 4.67. The summed E-state index contributed by atoms with van der Waals surface area (Å²) in [5, 5.41) is 0. The fourth-order valence-corrected chi connectivity index (χ4v) is 3.67. The predicted octanol–water partition coefficient (Wildman–Crippen LogP) is 2.00. The van der Waals surface area contributed by atoms with Crippen LogP contribution >= 0.6 is 0 Å². The summed E-state index contributed by atoms with van der Waals surface area (Å²) >= 11 is 0. The highest BCUT2D eigenvalue weighted by atomic mass is 16.9. The van der Waals surface area contributed by atoms with Crippen LogP contribution in [0.5, 0.6) is 11.5 Å². The summed E-state index contributed by atoms with van der Waals surface area (Å²) < 4.78 is 40.3. The van der Waals surface area contributed by atoms with Crippen molar-refractivity contribution in [2.45, 2.75) is 70.0 Å². The van der Waals surface area contributed by atoms with Crippen molar-refractivity contribution in [3.8, 4) is 11.5 Å². The van der Waals surface area contributed by atoms with Gasteiger partial charge in [0, 0.05) is 0 Å². The Hall–Kier alpha value is -1.71. The molecule has 0 amide bonds. The van der Waals surface area contributed by atoms with E-state index in [1.807, 2.05) is 0 Å². The van der Waals surface area contributed by atoms with Crippen LogP contribution in [0.1, 0.15) is 27.7 Å². The molecule has 1 aromatic carbocycles. The number of carbonyl (C=O) groups is 1. The number of para-hydroxylation sites is 2. The standard InChI is InChI=1S/C19H24O8/c1-18(2)24-12-13(25-18)15-17(27-19(3,4)26-15)23-14(12)16(20)22-11-9-7-6-8-10(11)21-5/h6-9,12-15,17H,1-5H3/t12-,13-,14+,15+,17+/m0/s1. The first kappa shape index (κ1) is 18.6. The molecular formula is C19H24O8. The summed E-state index contributed by atoms with van der Waals surface area (Å²) in [4.78, 5) is 12.9. The summed E-state index contributed by atoms with van der Waals surface area (Å²) in [6, 6.07) is 6.89. The van der Waals surface area contributed by atoms with E-state index in [0.29, 0.717) is 11.5 Å². The summed E-state index contributed by atoms with van der Waals surface area (Å²) in [5.74, 6) is -1.59. The number of ether oxygens (including phenoxy) is 7. The first-order valence-electron chi connectivity index (χ1n) is 8.90. The van der Waals surface area contributed by atoms with Crippen LogP contribution in [0.3, 0.4) is 0 Å². The smallest absolute Gasteiger partial charge is 0.343 e. The molecule has 3 fully saturated rings. The van der Waals surface area contributed by atoms with E-state index in [-0.39, 0.29) is 0 Å². The van der Waals surface area contributed by atoms with Gasteiger partial charge in [0.2, 0.25) is 0 Å². The molecule has 3 heterocycles. The van der Waals surface area contributed by atoms with Crippen LogP contribution < -0.4 is 9.47 Å². The molecule has 0 aliphatic carbocycles. The van der Waals surface area contributed by atoms with Crippen molar-refractivity contribution < 1.29 is 38.0 Å². The number of benzene rings is 1. The Morgan fingerprint density at radius 1 is 0.889 bits per heavy atom. The lowest BCUT2D eigenvalue weighted by Crippen LogP contribution is -2.58. The Morgan fingerprint density at radius 2 is 1.48 bits per heavy atom. The van der Waals surface area contributed by atoms with Crippen molar-refractivity contribution in [3.63, 3.8) is 0 Å². The quantitative estimate of drug-likeness (QED) is 0.582. The summed E-state index contributed by atoms with van der Waals surface area (Å²) in [6.07, 6.45) is -3.48. The fourth-order valence-electron chi connectivity index (χ4n) is 3.67. The monoisotopic (exact) mass is 380 g/mol. The Morgan fingerprint density at radius 3 is 2.19 bits per heavy atom. The van der Waals surface area contributed by atoms with Crippen molar-refractivity contribution >= 4 is 5.97 Å². The number of hydrogen-bond donors (Lipinski definition) is 0. The van der Waals surface area contributed by atoms with Crippen LogP contribution in [-0.2, 0) is 28.5 Å². The second-order valence-electron chi connectivity index (χ2n) is 7.66. The summed E-state index contributed by atoms with van der Waals surface area (Å²) in [7, 11) is 1.51. The molecule has 148 valence electrons. The highest BCUT2D eigenvalue weighted by molar-refractivity contribution is 5.79. The maximum atomic E-state index is 12.9. The highest BCUT2D eigenvalue weighted by Crippen LogP contribution is 2.44. The number of methoxy groups -OCH3 is 1. The van der Waals surface area contributed by atoms with Gasteiger partial charge in [0.25, 0.3) is 0 Å². The molecule has 3 aliphatic heterocycles. The maximum Gasteiger partial charge on any atom is 0.343 e. The fraction of sp³-hybridized carbons (Fsp3) is 0.632. The van der Waals surface area contributed by atoms with Gasteiger partial charge in [-0.25, -0.2) is 4.79 Å². The lowest BCUT2D eigenvalue weighted by Gasteiger charge is -2.35. The average molecular weight is 380 g/mol. The van der Waals surface area contributed by atoms with Crippen LogP contribution in [0.15, 0.2) is 24.3 Å². The molecule has 0 aromatic heterocycles. The van der Waals surface area contributed by atoms with Crippen LogP contribution in [0.25, 0.3) is 0 Å². The van der Waals surface area contributed by atoms with Gasteiger partial charge in [0.1, 0.15) is 18.3 Å². The van der Waals surface area contributed by atoms with Crippen LogP contribution in [0.2, 0.25) is 0 Å². The molecule has 0 radical (unpaired) electrons. The van der Waals surface area contributed by atoms with E-state index in [9.17, 15) is 4.79 Å². The lowest BCUT2D eigenvalue weighted by atomic mass is 9.99. The van der Waals surface area contributed by atoms with Gasteiger partial charge in [0.15, 0.2) is 35.5 Å². The number of rotatable bonds is 3. The largest absolute Gasteiger partial charge is 0.493 e. The van der Waals surface area contributed by atoms with Gasteiger partial charge in [0.05, 0.1) is 7.11 Å². The van der Waals surface area contributed by atoms with Crippen molar-refractivity contribution in [1.82, 2.24) is 0 Å². The minimum absolute atomic E-state index is 0.300. The summed E-state index contributed by atoms with van der Waals surface area (Å²) in [6.45, 7) is 7.13. The Balaban J connectivity index is 1.59. The minimum atomic E-state index is -1.03. The molecule has 3 aliphatic rings. The zero-order chi connectivity index (χ0) is 19.4. The van der Waals surface area contributed by atoms with Crippen LogP contribution in [0.4, 0.5) is 0 Å². The second-order valence-corrected chi connectivity index (χ2v) is 7.66. The molecule has 0 bridgehead atoms. The average Bonchev–Trinajstić information content (AvgIpc) is 3.08. The molecule has 0 unspecified atom stereocenters. The number of hydrogen-bond acceptors (Lipinski definition) is 8. The zero-order valence-corrected chi connectivity index (χ0v) is 16.0. The topological polar surface area (TPSA) is 81.7 Å². The number of carbonyl (C=O) groups excluding carboxylic acids is 1. The lowest BCUT2D eigenvalue weighted by molar-refractivity contribution is -0.236. The van der Waals surface area contributed by atoms with Crippen molar-refractivity contribution in [1.29, 1.82) is 0 Å². The van der Waals surface area contributed by atoms with E-state index < -0.39 is 48.2 Å². The van der Waals surface area contributed by atoms with Gasteiger partial charge < -0.3 is 33.2 Å². The molecule has 0 N–H and O–H groups in total. The van der Waals surface area contributed by atoms with Crippen LogP contribution in [-0.4, -0.2) is 55.4 Å². The third kappa shape index (κ3) is 3.43. The Bertz CT molecular complexity index is 730. The second kappa shape index (κ2) is 6.42. The van der Waals surface area contributed by atoms with Gasteiger partial charge >= 0.3 is 5.97 Å². The molecule has 8 nitrogen and oxygen atoms in total. The Kier molecular flexibility index (Phi) is 4.44. The zero-order valence-electron chi connectivity index (χ0n) is 16.0. The van der Waals surface area contributed by atoms with E-state index in [4.69, 9.17) is 33.2 Å². The van der Waals surface area contributed by atoms with E-state index in [2.05, 4.69) is 0 Å². The van der Waals surface area contributed by atoms with Crippen molar-refractivity contribution in [2.75, 3.05) is 7.11 Å². The molecule has 0 saturated carbocycles. The van der Waals surface area contributed by atoms with Gasteiger partial charge in [-0.05, 0) is 39.8 Å². The molecule has 3 saturated heterocycles. The molecule has 1 aromatic rings. The number of esters is 1. The van der Waals surface area contributed by atoms with E-state index >= 15 is 0 Å². The van der Waals surface area contributed by atoms with Gasteiger partial charge in [-0.1, -0.05) is 12.1 Å². The normalized spacial score (nSPS) is 36.0. The maximum absolute atomic E-state index is 12.9. The molecule has 0 spiro atoms.